The summed E-state index contributed by atoms with van der Waals surface area (Å²) in [6.07, 6.45) is 0. The summed E-state index contributed by atoms with van der Waals surface area (Å²) in [6.45, 7) is 5.61. The molecule has 0 aliphatic carbocycles. The number of nitro groups is 1. The molecule has 7 nitrogen and oxygen atoms in total. The minimum Gasteiger partial charge on any atom is -0.436 e. The molecule has 0 fully saturated rings. The number of hydrogen-bond acceptors (Lipinski definition) is 5. The zero-order valence-electron chi connectivity index (χ0n) is 16.7. The van der Waals surface area contributed by atoms with Crippen molar-refractivity contribution in [2.24, 2.45) is 0 Å². The lowest BCUT2D eigenvalue weighted by atomic mass is 10.1. The zero-order valence-corrected chi connectivity index (χ0v) is 16.7. The van der Waals surface area contributed by atoms with Crippen LogP contribution in [0.5, 0.6) is 0 Å². The molecule has 0 aliphatic heterocycles. The van der Waals surface area contributed by atoms with Crippen LogP contribution >= 0.6 is 0 Å². The van der Waals surface area contributed by atoms with Gasteiger partial charge >= 0.3 is 0 Å². The Bertz CT molecular complexity index is 1290. The Morgan fingerprint density at radius 2 is 1.73 bits per heavy atom. The molecule has 0 bridgehead atoms. The SMILES string of the molecule is Cc1cc(C)c2oc(-c3ccc(NC(=O)c4ccc([N+](=O)[O-])c(C)c4)cc3)nc2c1. The van der Waals surface area contributed by atoms with Crippen molar-refractivity contribution in [3.63, 3.8) is 0 Å². The van der Waals surface area contributed by atoms with Crippen LogP contribution in [0.2, 0.25) is 0 Å². The number of rotatable bonds is 4. The highest BCUT2D eigenvalue weighted by Gasteiger charge is 2.15. The number of fused-ring (bicyclic) bond motifs is 1. The highest BCUT2D eigenvalue weighted by molar-refractivity contribution is 6.04. The van der Waals surface area contributed by atoms with E-state index in [2.05, 4.69) is 16.4 Å². The molecule has 30 heavy (non-hydrogen) atoms. The molecular weight excluding hydrogens is 382 g/mol. The van der Waals surface area contributed by atoms with Gasteiger partial charge in [-0.1, -0.05) is 6.07 Å². The third-order valence-electron chi connectivity index (χ3n) is 4.87. The molecule has 150 valence electrons. The van der Waals surface area contributed by atoms with Gasteiger partial charge in [-0.3, -0.25) is 14.9 Å². The number of amides is 1. The van der Waals surface area contributed by atoms with Gasteiger partial charge in [0.2, 0.25) is 5.89 Å². The van der Waals surface area contributed by atoms with E-state index in [0.29, 0.717) is 22.7 Å². The summed E-state index contributed by atoms with van der Waals surface area (Å²) in [6, 6.07) is 15.5. The smallest absolute Gasteiger partial charge is 0.272 e. The fourth-order valence-corrected chi connectivity index (χ4v) is 3.40. The largest absolute Gasteiger partial charge is 0.436 e. The molecule has 7 heteroatoms. The standard InChI is InChI=1S/C23H19N3O4/c1-13-10-15(3)21-19(11-13)25-23(30-21)16-4-7-18(8-5-16)24-22(27)17-6-9-20(26(28)29)14(2)12-17/h4-12H,1-3H3,(H,24,27). The molecule has 0 spiro atoms. The topological polar surface area (TPSA) is 98.3 Å². The van der Waals surface area contributed by atoms with Crippen LogP contribution in [0, 0.1) is 30.9 Å². The maximum Gasteiger partial charge on any atom is 0.272 e. The van der Waals surface area contributed by atoms with Crippen LogP contribution in [-0.4, -0.2) is 15.8 Å². The number of aromatic nitrogens is 1. The van der Waals surface area contributed by atoms with Gasteiger partial charge in [0.1, 0.15) is 5.52 Å². The van der Waals surface area contributed by atoms with Gasteiger partial charge in [-0.25, -0.2) is 4.98 Å². The van der Waals surface area contributed by atoms with Crippen LogP contribution in [0.3, 0.4) is 0 Å². The van der Waals surface area contributed by atoms with Crippen molar-refractivity contribution < 1.29 is 14.1 Å². The molecule has 1 heterocycles. The number of carbonyl (C=O) groups is 1. The Morgan fingerprint density at radius 1 is 1.00 bits per heavy atom. The summed E-state index contributed by atoms with van der Waals surface area (Å²) in [5.74, 6) is 0.177. The maximum absolute atomic E-state index is 12.5. The molecule has 0 unspecified atom stereocenters. The lowest BCUT2D eigenvalue weighted by Gasteiger charge is -2.07. The first-order valence-corrected chi connectivity index (χ1v) is 9.36. The highest BCUT2D eigenvalue weighted by atomic mass is 16.6. The van der Waals surface area contributed by atoms with Crippen molar-refractivity contribution in [1.29, 1.82) is 0 Å². The number of oxazole rings is 1. The van der Waals surface area contributed by atoms with E-state index in [1.807, 2.05) is 32.0 Å². The Kier molecular flexibility index (Phi) is 4.79. The van der Waals surface area contributed by atoms with Crippen molar-refractivity contribution in [2.45, 2.75) is 20.8 Å². The molecule has 0 saturated heterocycles. The van der Waals surface area contributed by atoms with Gasteiger partial charge in [0.25, 0.3) is 11.6 Å². The van der Waals surface area contributed by atoms with Crippen LogP contribution in [0.4, 0.5) is 11.4 Å². The van der Waals surface area contributed by atoms with Crippen molar-refractivity contribution in [1.82, 2.24) is 4.98 Å². The van der Waals surface area contributed by atoms with Gasteiger partial charge in [0.05, 0.1) is 4.92 Å². The van der Waals surface area contributed by atoms with E-state index in [9.17, 15) is 14.9 Å². The monoisotopic (exact) mass is 401 g/mol. The fourth-order valence-electron chi connectivity index (χ4n) is 3.40. The van der Waals surface area contributed by atoms with E-state index < -0.39 is 4.92 Å². The molecule has 0 aliphatic rings. The molecule has 4 aromatic rings. The Balaban J connectivity index is 1.54. The zero-order chi connectivity index (χ0) is 21.4. The number of carbonyl (C=O) groups excluding carboxylic acids is 1. The van der Waals surface area contributed by atoms with Crippen LogP contribution in [0.15, 0.2) is 59.0 Å². The van der Waals surface area contributed by atoms with Gasteiger partial charge in [0, 0.05) is 28.4 Å². The summed E-state index contributed by atoms with van der Waals surface area (Å²) in [5.41, 5.74) is 5.91. The van der Waals surface area contributed by atoms with E-state index in [1.165, 1.54) is 18.2 Å². The highest BCUT2D eigenvalue weighted by Crippen LogP contribution is 2.28. The lowest BCUT2D eigenvalue weighted by molar-refractivity contribution is -0.385. The van der Waals surface area contributed by atoms with Crippen LogP contribution < -0.4 is 5.32 Å². The van der Waals surface area contributed by atoms with E-state index in [-0.39, 0.29) is 11.6 Å². The lowest BCUT2D eigenvalue weighted by Crippen LogP contribution is -2.12. The van der Waals surface area contributed by atoms with Crippen LogP contribution in [-0.2, 0) is 0 Å². The number of nitro benzene ring substituents is 1. The van der Waals surface area contributed by atoms with E-state index in [1.54, 1.807) is 19.1 Å². The number of nitrogens with one attached hydrogen (secondary N) is 1. The molecule has 3 aromatic carbocycles. The van der Waals surface area contributed by atoms with Crippen molar-refractivity contribution in [2.75, 3.05) is 5.32 Å². The molecular formula is C23H19N3O4. The third-order valence-corrected chi connectivity index (χ3v) is 4.87. The average molecular weight is 401 g/mol. The Labute approximate surface area is 172 Å². The first kappa shape index (κ1) is 19.3. The number of hydrogen-bond donors (Lipinski definition) is 1. The summed E-state index contributed by atoms with van der Waals surface area (Å²) >= 11 is 0. The average Bonchev–Trinajstić information content (AvgIpc) is 3.12. The first-order chi connectivity index (χ1) is 14.3. The van der Waals surface area contributed by atoms with Gasteiger partial charge in [-0.15, -0.1) is 0 Å². The number of anilines is 1. The molecule has 1 N–H and O–H groups in total. The van der Waals surface area contributed by atoms with Gasteiger partial charge < -0.3 is 9.73 Å². The normalized spacial score (nSPS) is 10.9. The summed E-state index contributed by atoms with van der Waals surface area (Å²) < 4.78 is 5.92. The fraction of sp³-hybridized carbons (Fsp3) is 0.130. The van der Waals surface area contributed by atoms with Crippen molar-refractivity contribution in [3.05, 3.63) is 87.0 Å². The van der Waals surface area contributed by atoms with E-state index >= 15 is 0 Å². The van der Waals surface area contributed by atoms with Crippen LogP contribution in [0.25, 0.3) is 22.6 Å². The molecule has 0 atom stereocenters. The minimum absolute atomic E-state index is 0.0142. The summed E-state index contributed by atoms with van der Waals surface area (Å²) in [5, 5.41) is 13.7. The van der Waals surface area contributed by atoms with Crippen molar-refractivity contribution in [3.8, 4) is 11.5 Å². The van der Waals surface area contributed by atoms with E-state index in [4.69, 9.17) is 4.42 Å². The van der Waals surface area contributed by atoms with E-state index in [0.717, 1.165) is 27.8 Å². The second-order valence-electron chi connectivity index (χ2n) is 7.24. The third kappa shape index (κ3) is 3.65. The molecule has 0 radical (unpaired) electrons. The van der Waals surface area contributed by atoms with Gasteiger partial charge in [-0.05, 0) is 74.4 Å². The van der Waals surface area contributed by atoms with Gasteiger partial charge in [0.15, 0.2) is 5.58 Å². The maximum atomic E-state index is 12.5. The molecule has 4 rings (SSSR count). The first-order valence-electron chi connectivity index (χ1n) is 9.36. The minimum atomic E-state index is -0.468. The van der Waals surface area contributed by atoms with Crippen molar-refractivity contribution >= 4 is 28.4 Å². The number of aryl methyl sites for hydroxylation is 3. The molecule has 0 saturated carbocycles. The van der Waals surface area contributed by atoms with Crippen LogP contribution in [0.1, 0.15) is 27.0 Å². The second-order valence-corrected chi connectivity index (χ2v) is 7.24. The molecule has 1 aromatic heterocycles. The second kappa shape index (κ2) is 7.44. The predicted octanol–water partition coefficient (Wildman–Crippen LogP) is 5.58. The number of benzene rings is 3. The summed E-state index contributed by atoms with van der Waals surface area (Å²) in [7, 11) is 0. The van der Waals surface area contributed by atoms with Gasteiger partial charge in [-0.2, -0.15) is 0 Å². The quantitative estimate of drug-likeness (QED) is 0.355. The predicted molar refractivity (Wildman–Crippen MR) is 115 cm³/mol. The Morgan fingerprint density at radius 3 is 2.40 bits per heavy atom. The number of nitrogens with zero attached hydrogens (tertiary/aromatic N) is 2. The molecule has 1 amide bonds. The summed E-state index contributed by atoms with van der Waals surface area (Å²) in [4.78, 5) is 27.5. The Hall–Kier alpha value is -4.00.